The molecule has 2 N–H and O–H groups in total. The number of phenols is 1. The molecule has 4 nitrogen and oxygen atoms in total. The highest BCUT2D eigenvalue weighted by Crippen LogP contribution is 2.24. The summed E-state index contributed by atoms with van der Waals surface area (Å²) in [6.45, 7) is 5.80. The molecule has 0 aliphatic carbocycles. The molecule has 0 saturated heterocycles. The average molecular weight is 311 g/mol. The molecular weight excluding hydrogens is 290 g/mol. The molecule has 0 bridgehead atoms. The summed E-state index contributed by atoms with van der Waals surface area (Å²) in [4.78, 5) is 11.9. The number of hydrogen-bond acceptors (Lipinski definition) is 3. The Hall–Kier alpha value is -2.75. The SMILES string of the molecule is Cc1ccc(NC(=O)/C=C/c2cccc(OC(C)C)c2)c(O)c1. The van der Waals surface area contributed by atoms with E-state index in [2.05, 4.69) is 5.32 Å². The van der Waals surface area contributed by atoms with Gasteiger partial charge in [-0.3, -0.25) is 4.79 Å². The van der Waals surface area contributed by atoms with Crippen molar-refractivity contribution in [2.45, 2.75) is 26.9 Å². The van der Waals surface area contributed by atoms with E-state index in [0.29, 0.717) is 5.69 Å². The lowest BCUT2D eigenvalue weighted by atomic mass is 10.2. The molecule has 0 fully saturated rings. The van der Waals surface area contributed by atoms with E-state index in [-0.39, 0.29) is 17.8 Å². The van der Waals surface area contributed by atoms with Crippen LogP contribution in [0.15, 0.2) is 48.5 Å². The van der Waals surface area contributed by atoms with Gasteiger partial charge in [0.15, 0.2) is 0 Å². The Balaban J connectivity index is 2.03. The Bertz CT molecular complexity index is 720. The van der Waals surface area contributed by atoms with E-state index >= 15 is 0 Å². The molecule has 0 aliphatic heterocycles. The fourth-order valence-corrected chi connectivity index (χ4v) is 2.06. The van der Waals surface area contributed by atoms with Crippen molar-refractivity contribution in [2.75, 3.05) is 5.32 Å². The number of anilines is 1. The van der Waals surface area contributed by atoms with Gasteiger partial charge in [0.05, 0.1) is 11.8 Å². The van der Waals surface area contributed by atoms with E-state index in [9.17, 15) is 9.90 Å². The van der Waals surface area contributed by atoms with Crippen molar-refractivity contribution >= 4 is 17.7 Å². The van der Waals surface area contributed by atoms with Crippen LogP contribution < -0.4 is 10.1 Å². The minimum Gasteiger partial charge on any atom is -0.506 e. The third-order valence-corrected chi connectivity index (χ3v) is 3.07. The minimum atomic E-state index is -0.306. The number of carbonyl (C=O) groups excluding carboxylic acids is 1. The van der Waals surface area contributed by atoms with Gasteiger partial charge in [0.25, 0.3) is 0 Å². The number of hydrogen-bond donors (Lipinski definition) is 2. The smallest absolute Gasteiger partial charge is 0.248 e. The molecule has 2 aromatic rings. The summed E-state index contributed by atoms with van der Waals surface area (Å²) >= 11 is 0. The van der Waals surface area contributed by atoms with Crippen molar-refractivity contribution in [1.82, 2.24) is 0 Å². The Morgan fingerprint density at radius 2 is 2.00 bits per heavy atom. The largest absolute Gasteiger partial charge is 0.506 e. The van der Waals surface area contributed by atoms with Gasteiger partial charge >= 0.3 is 0 Å². The van der Waals surface area contributed by atoms with Gasteiger partial charge in [-0.25, -0.2) is 0 Å². The van der Waals surface area contributed by atoms with Gasteiger partial charge in [-0.15, -0.1) is 0 Å². The topological polar surface area (TPSA) is 58.6 Å². The highest BCUT2D eigenvalue weighted by atomic mass is 16.5. The molecule has 2 aromatic carbocycles. The maximum Gasteiger partial charge on any atom is 0.248 e. The second kappa shape index (κ2) is 7.49. The second-order valence-electron chi connectivity index (χ2n) is 5.58. The summed E-state index contributed by atoms with van der Waals surface area (Å²) in [5.41, 5.74) is 2.19. The van der Waals surface area contributed by atoms with E-state index in [0.717, 1.165) is 16.9 Å². The monoisotopic (exact) mass is 311 g/mol. The second-order valence-corrected chi connectivity index (χ2v) is 5.58. The maximum absolute atomic E-state index is 11.9. The summed E-state index contributed by atoms with van der Waals surface area (Å²) < 4.78 is 5.62. The summed E-state index contributed by atoms with van der Waals surface area (Å²) in [6.07, 6.45) is 3.23. The van der Waals surface area contributed by atoms with Crippen molar-refractivity contribution in [3.8, 4) is 11.5 Å². The lowest BCUT2D eigenvalue weighted by Crippen LogP contribution is -2.08. The van der Waals surface area contributed by atoms with Gasteiger partial charge in [0.2, 0.25) is 5.91 Å². The van der Waals surface area contributed by atoms with Crippen molar-refractivity contribution < 1.29 is 14.6 Å². The summed E-state index contributed by atoms with van der Waals surface area (Å²) in [5.74, 6) is 0.511. The first-order valence-corrected chi connectivity index (χ1v) is 7.49. The lowest BCUT2D eigenvalue weighted by molar-refractivity contribution is -0.111. The van der Waals surface area contributed by atoms with E-state index in [1.165, 1.54) is 6.08 Å². The van der Waals surface area contributed by atoms with E-state index < -0.39 is 0 Å². The van der Waals surface area contributed by atoms with Crippen LogP contribution in [0.3, 0.4) is 0 Å². The maximum atomic E-state index is 11.9. The molecule has 1 amide bonds. The van der Waals surface area contributed by atoms with Gasteiger partial charge in [-0.2, -0.15) is 0 Å². The molecule has 0 saturated carbocycles. The van der Waals surface area contributed by atoms with Crippen LogP contribution in [0.5, 0.6) is 11.5 Å². The van der Waals surface area contributed by atoms with Crippen LogP contribution in [0, 0.1) is 6.92 Å². The molecular formula is C19H21NO3. The van der Waals surface area contributed by atoms with Crippen LogP contribution in [0.1, 0.15) is 25.0 Å². The molecule has 23 heavy (non-hydrogen) atoms. The van der Waals surface area contributed by atoms with Gasteiger partial charge in [-0.05, 0) is 62.2 Å². The number of aromatic hydroxyl groups is 1. The van der Waals surface area contributed by atoms with Crippen LogP contribution in [0.4, 0.5) is 5.69 Å². The van der Waals surface area contributed by atoms with Crippen LogP contribution in [-0.4, -0.2) is 17.1 Å². The fraction of sp³-hybridized carbons (Fsp3) is 0.211. The van der Waals surface area contributed by atoms with Gasteiger partial charge in [0.1, 0.15) is 11.5 Å². The predicted molar refractivity (Wildman–Crippen MR) is 92.7 cm³/mol. The van der Waals surface area contributed by atoms with E-state index in [1.807, 2.05) is 51.1 Å². The number of benzene rings is 2. The zero-order valence-electron chi connectivity index (χ0n) is 13.5. The summed E-state index contributed by atoms with van der Waals surface area (Å²) in [7, 11) is 0. The summed E-state index contributed by atoms with van der Waals surface area (Å²) in [5, 5.41) is 12.4. The van der Waals surface area contributed by atoms with Gasteiger partial charge < -0.3 is 15.2 Å². The molecule has 0 radical (unpaired) electrons. The highest BCUT2D eigenvalue weighted by molar-refractivity contribution is 6.02. The third kappa shape index (κ3) is 5.18. The minimum absolute atomic E-state index is 0.0547. The highest BCUT2D eigenvalue weighted by Gasteiger charge is 2.04. The van der Waals surface area contributed by atoms with Crippen molar-refractivity contribution in [3.05, 3.63) is 59.7 Å². The van der Waals surface area contributed by atoms with E-state index in [1.54, 1.807) is 18.2 Å². The first-order chi connectivity index (χ1) is 10.9. The number of nitrogens with one attached hydrogen (secondary N) is 1. The number of carbonyl (C=O) groups is 1. The molecule has 4 heteroatoms. The Labute approximate surface area is 136 Å². The van der Waals surface area contributed by atoms with Crippen molar-refractivity contribution in [1.29, 1.82) is 0 Å². The van der Waals surface area contributed by atoms with Crippen LogP contribution >= 0.6 is 0 Å². The number of aryl methyl sites for hydroxylation is 1. The Kier molecular flexibility index (Phi) is 5.41. The first kappa shape index (κ1) is 16.6. The Morgan fingerprint density at radius 1 is 1.22 bits per heavy atom. The van der Waals surface area contributed by atoms with Crippen LogP contribution in [-0.2, 0) is 4.79 Å². The first-order valence-electron chi connectivity index (χ1n) is 7.49. The lowest BCUT2D eigenvalue weighted by Gasteiger charge is -2.09. The molecule has 120 valence electrons. The number of rotatable bonds is 5. The van der Waals surface area contributed by atoms with Gasteiger partial charge in [-0.1, -0.05) is 18.2 Å². The number of phenolic OH excluding ortho intramolecular Hbond substituents is 1. The fourth-order valence-electron chi connectivity index (χ4n) is 2.06. The standard InChI is InChI=1S/C19H21NO3/c1-13(2)23-16-6-4-5-15(12-16)8-10-19(22)20-17-9-7-14(3)11-18(17)21/h4-13,21H,1-3H3,(H,20,22)/b10-8+. The van der Waals surface area contributed by atoms with Crippen LogP contribution in [0.25, 0.3) is 6.08 Å². The molecule has 0 heterocycles. The average Bonchev–Trinajstić information content (AvgIpc) is 2.48. The van der Waals surface area contributed by atoms with Crippen molar-refractivity contribution in [2.24, 2.45) is 0 Å². The molecule has 0 unspecified atom stereocenters. The predicted octanol–water partition coefficient (Wildman–Crippen LogP) is 4.14. The quantitative estimate of drug-likeness (QED) is 0.644. The number of amides is 1. The zero-order chi connectivity index (χ0) is 16.8. The summed E-state index contributed by atoms with van der Waals surface area (Å²) in [6, 6.07) is 12.6. The molecule has 2 rings (SSSR count). The van der Waals surface area contributed by atoms with Gasteiger partial charge in [0, 0.05) is 6.08 Å². The number of ether oxygens (including phenoxy) is 1. The third-order valence-electron chi connectivity index (χ3n) is 3.07. The molecule has 0 spiro atoms. The van der Waals surface area contributed by atoms with Crippen molar-refractivity contribution in [3.63, 3.8) is 0 Å². The van der Waals surface area contributed by atoms with Crippen LogP contribution in [0.2, 0.25) is 0 Å². The molecule has 0 atom stereocenters. The zero-order valence-corrected chi connectivity index (χ0v) is 13.5. The molecule has 0 aromatic heterocycles. The normalized spacial score (nSPS) is 11.0. The van der Waals surface area contributed by atoms with E-state index in [4.69, 9.17) is 4.74 Å². The molecule has 0 aliphatic rings. The Morgan fingerprint density at radius 3 is 2.70 bits per heavy atom.